The van der Waals surface area contributed by atoms with Crippen LogP contribution in [0.1, 0.15) is 36.7 Å². The average Bonchev–Trinajstić information content (AvgIpc) is 2.86. The Hall–Kier alpha value is -1.61. The van der Waals surface area contributed by atoms with Crippen molar-refractivity contribution in [2.45, 2.75) is 32.2 Å². The first kappa shape index (κ1) is 11.5. The van der Waals surface area contributed by atoms with E-state index in [9.17, 15) is 0 Å². The SMILES string of the molecule is Cc1nccn1-c1ccc(C2CCCCN2)cc1. The number of nitrogens with zero attached hydrogens (tertiary/aromatic N) is 2. The van der Waals surface area contributed by atoms with Crippen LogP contribution in [-0.2, 0) is 0 Å². The molecule has 1 atom stereocenters. The van der Waals surface area contributed by atoms with Gasteiger partial charge in [-0.2, -0.15) is 0 Å². The van der Waals surface area contributed by atoms with Crippen molar-refractivity contribution >= 4 is 0 Å². The molecule has 2 heterocycles. The topological polar surface area (TPSA) is 29.9 Å². The molecule has 1 aliphatic rings. The fourth-order valence-corrected chi connectivity index (χ4v) is 2.65. The highest BCUT2D eigenvalue weighted by molar-refractivity contribution is 5.36. The Morgan fingerprint density at radius 2 is 2.06 bits per heavy atom. The van der Waals surface area contributed by atoms with E-state index in [0.29, 0.717) is 6.04 Å². The normalized spacial score (nSPS) is 19.9. The Balaban J connectivity index is 1.82. The Morgan fingerprint density at radius 3 is 2.67 bits per heavy atom. The van der Waals surface area contributed by atoms with Gasteiger partial charge in [-0.3, -0.25) is 0 Å². The third kappa shape index (κ3) is 2.18. The minimum absolute atomic E-state index is 0.539. The van der Waals surface area contributed by atoms with Crippen LogP contribution in [0.2, 0.25) is 0 Å². The lowest BCUT2D eigenvalue weighted by Gasteiger charge is -2.24. The maximum Gasteiger partial charge on any atom is 0.110 e. The van der Waals surface area contributed by atoms with Gasteiger partial charge in [0.05, 0.1) is 0 Å². The van der Waals surface area contributed by atoms with Gasteiger partial charge in [0, 0.05) is 24.1 Å². The Bertz CT molecular complexity index is 507. The van der Waals surface area contributed by atoms with Crippen LogP contribution in [0.5, 0.6) is 0 Å². The summed E-state index contributed by atoms with van der Waals surface area (Å²) < 4.78 is 2.11. The maximum absolute atomic E-state index is 4.26. The van der Waals surface area contributed by atoms with E-state index in [0.717, 1.165) is 12.4 Å². The van der Waals surface area contributed by atoms with E-state index in [4.69, 9.17) is 0 Å². The van der Waals surface area contributed by atoms with Gasteiger partial charge in [-0.1, -0.05) is 18.6 Å². The zero-order valence-electron chi connectivity index (χ0n) is 10.8. The van der Waals surface area contributed by atoms with Gasteiger partial charge in [0.25, 0.3) is 0 Å². The predicted molar refractivity (Wildman–Crippen MR) is 72.9 cm³/mol. The van der Waals surface area contributed by atoms with Gasteiger partial charge in [-0.25, -0.2) is 4.98 Å². The van der Waals surface area contributed by atoms with Crippen LogP contribution in [0.4, 0.5) is 0 Å². The highest BCUT2D eigenvalue weighted by Crippen LogP contribution is 2.23. The molecule has 0 radical (unpaired) electrons. The lowest BCUT2D eigenvalue weighted by atomic mass is 9.97. The first-order valence-corrected chi connectivity index (χ1v) is 6.68. The number of rotatable bonds is 2. The van der Waals surface area contributed by atoms with E-state index in [-0.39, 0.29) is 0 Å². The molecule has 3 rings (SSSR count). The van der Waals surface area contributed by atoms with Crippen molar-refractivity contribution in [2.75, 3.05) is 6.54 Å². The van der Waals surface area contributed by atoms with E-state index < -0.39 is 0 Å². The summed E-state index contributed by atoms with van der Waals surface area (Å²) in [7, 11) is 0. The molecule has 0 saturated carbocycles. The molecule has 1 fully saturated rings. The van der Waals surface area contributed by atoms with Crippen molar-refractivity contribution in [1.82, 2.24) is 14.9 Å². The van der Waals surface area contributed by atoms with Crippen molar-refractivity contribution in [2.24, 2.45) is 0 Å². The molecule has 0 aliphatic carbocycles. The van der Waals surface area contributed by atoms with Crippen molar-refractivity contribution in [3.8, 4) is 5.69 Å². The highest BCUT2D eigenvalue weighted by Gasteiger charge is 2.14. The summed E-state index contributed by atoms with van der Waals surface area (Å²) in [4.78, 5) is 4.26. The van der Waals surface area contributed by atoms with Gasteiger partial charge in [-0.15, -0.1) is 0 Å². The molecular weight excluding hydrogens is 222 g/mol. The summed E-state index contributed by atoms with van der Waals surface area (Å²) in [6.07, 6.45) is 7.74. The van der Waals surface area contributed by atoms with Crippen LogP contribution in [0.15, 0.2) is 36.7 Å². The molecule has 0 spiro atoms. The first-order valence-electron chi connectivity index (χ1n) is 6.68. The van der Waals surface area contributed by atoms with Crippen LogP contribution in [0.25, 0.3) is 5.69 Å². The molecule has 0 bridgehead atoms. The number of piperidine rings is 1. The van der Waals surface area contributed by atoms with Crippen molar-refractivity contribution < 1.29 is 0 Å². The highest BCUT2D eigenvalue weighted by atomic mass is 15.1. The molecule has 94 valence electrons. The van der Waals surface area contributed by atoms with Crippen LogP contribution >= 0.6 is 0 Å². The molecule has 1 aromatic heterocycles. The second kappa shape index (κ2) is 4.94. The smallest absolute Gasteiger partial charge is 0.110 e. The van der Waals surface area contributed by atoms with Gasteiger partial charge in [0.15, 0.2) is 0 Å². The lowest BCUT2D eigenvalue weighted by Crippen LogP contribution is -2.26. The predicted octanol–water partition coefficient (Wildman–Crippen LogP) is 3.00. The molecule has 2 aromatic rings. The fraction of sp³-hybridized carbons (Fsp3) is 0.400. The molecule has 3 heteroatoms. The third-order valence-corrected chi connectivity index (χ3v) is 3.71. The molecular formula is C15H19N3. The quantitative estimate of drug-likeness (QED) is 0.876. The molecule has 0 amide bonds. The number of benzene rings is 1. The average molecular weight is 241 g/mol. The van der Waals surface area contributed by atoms with E-state index in [2.05, 4.69) is 39.1 Å². The number of aryl methyl sites for hydroxylation is 1. The first-order chi connectivity index (χ1) is 8.84. The van der Waals surface area contributed by atoms with Crippen LogP contribution in [0, 0.1) is 6.92 Å². The van der Waals surface area contributed by atoms with E-state index in [1.165, 1.54) is 30.5 Å². The van der Waals surface area contributed by atoms with E-state index >= 15 is 0 Å². The zero-order chi connectivity index (χ0) is 12.4. The number of hydrogen-bond donors (Lipinski definition) is 1. The van der Waals surface area contributed by atoms with Gasteiger partial charge in [-0.05, 0) is 44.0 Å². The summed E-state index contributed by atoms with van der Waals surface area (Å²) in [5.41, 5.74) is 2.58. The zero-order valence-corrected chi connectivity index (χ0v) is 10.8. The summed E-state index contributed by atoms with van der Waals surface area (Å²) in [6.45, 7) is 3.17. The fourth-order valence-electron chi connectivity index (χ4n) is 2.65. The minimum atomic E-state index is 0.539. The number of nitrogens with one attached hydrogen (secondary N) is 1. The molecule has 18 heavy (non-hydrogen) atoms. The van der Waals surface area contributed by atoms with Crippen molar-refractivity contribution in [3.05, 3.63) is 48.0 Å². The number of hydrogen-bond acceptors (Lipinski definition) is 2. The van der Waals surface area contributed by atoms with Crippen LogP contribution in [0.3, 0.4) is 0 Å². The second-order valence-electron chi connectivity index (χ2n) is 4.94. The van der Waals surface area contributed by atoms with Gasteiger partial charge in [0.2, 0.25) is 0 Å². The Kier molecular flexibility index (Phi) is 3.15. The Labute approximate surface area is 108 Å². The molecule has 1 aromatic carbocycles. The van der Waals surface area contributed by atoms with Crippen molar-refractivity contribution in [1.29, 1.82) is 0 Å². The molecule has 1 aliphatic heterocycles. The van der Waals surface area contributed by atoms with Crippen LogP contribution in [-0.4, -0.2) is 16.1 Å². The van der Waals surface area contributed by atoms with E-state index in [1.807, 2.05) is 19.3 Å². The summed E-state index contributed by atoms with van der Waals surface area (Å²) in [5, 5.41) is 3.58. The summed E-state index contributed by atoms with van der Waals surface area (Å²) >= 11 is 0. The summed E-state index contributed by atoms with van der Waals surface area (Å²) in [5.74, 6) is 1.03. The van der Waals surface area contributed by atoms with Gasteiger partial charge in [0.1, 0.15) is 5.82 Å². The molecule has 3 nitrogen and oxygen atoms in total. The number of aromatic nitrogens is 2. The summed E-state index contributed by atoms with van der Waals surface area (Å²) in [6, 6.07) is 9.37. The van der Waals surface area contributed by atoms with E-state index in [1.54, 1.807) is 0 Å². The van der Waals surface area contributed by atoms with Gasteiger partial charge >= 0.3 is 0 Å². The van der Waals surface area contributed by atoms with Crippen molar-refractivity contribution in [3.63, 3.8) is 0 Å². The maximum atomic E-state index is 4.26. The molecule has 1 unspecified atom stereocenters. The lowest BCUT2D eigenvalue weighted by molar-refractivity contribution is 0.412. The van der Waals surface area contributed by atoms with Gasteiger partial charge < -0.3 is 9.88 Å². The number of imidazole rings is 1. The Morgan fingerprint density at radius 1 is 1.22 bits per heavy atom. The standard InChI is InChI=1S/C15H19N3/c1-12-16-10-11-18(12)14-7-5-13(6-8-14)15-4-2-3-9-17-15/h5-8,10-11,15,17H,2-4,9H2,1H3. The molecule has 1 saturated heterocycles. The van der Waals surface area contributed by atoms with Crippen LogP contribution < -0.4 is 5.32 Å². The minimum Gasteiger partial charge on any atom is -0.310 e. The largest absolute Gasteiger partial charge is 0.310 e. The monoisotopic (exact) mass is 241 g/mol. The second-order valence-corrected chi connectivity index (χ2v) is 4.94. The third-order valence-electron chi connectivity index (χ3n) is 3.71. The molecule has 1 N–H and O–H groups in total.